The summed E-state index contributed by atoms with van der Waals surface area (Å²) in [4.78, 5) is 0. The van der Waals surface area contributed by atoms with Crippen LogP contribution < -0.4 is 15.9 Å². The molecule has 4 heteroatoms. The minimum Gasteiger partial charge on any atom is -0.318 e. The number of hydrogen-bond donors (Lipinski definition) is 0. The molecule has 0 N–H and O–H groups in total. The van der Waals surface area contributed by atoms with Gasteiger partial charge in [-0.05, 0) is 49.2 Å². The number of rotatable bonds is 11. The van der Waals surface area contributed by atoms with E-state index in [9.17, 15) is 9.83 Å². The van der Waals surface area contributed by atoms with E-state index < -0.39 is 19.8 Å². The van der Waals surface area contributed by atoms with Gasteiger partial charge < -0.3 is 4.57 Å². The molecule has 0 fully saturated rings. The number of benzene rings is 3. The van der Waals surface area contributed by atoms with Crippen LogP contribution in [0.3, 0.4) is 0 Å². The van der Waals surface area contributed by atoms with E-state index in [1.165, 1.54) is 0 Å². The molecule has 0 spiro atoms. The van der Waals surface area contributed by atoms with Crippen molar-refractivity contribution in [2.75, 3.05) is 12.3 Å². The van der Waals surface area contributed by atoms with Gasteiger partial charge in [-0.1, -0.05) is 81.3 Å². The van der Waals surface area contributed by atoms with Crippen LogP contribution in [-0.4, -0.2) is 17.7 Å². The Morgan fingerprint density at radius 3 is 1.34 bits per heavy atom. The van der Waals surface area contributed by atoms with Crippen molar-refractivity contribution < 1.29 is 4.57 Å². The van der Waals surface area contributed by atoms with Gasteiger partial charge in [0.25, 0.3) is 0 Å². The first-order chi connectivity index (χ1) is 15.6. The average molecular weight is 463 g/mol. The normalized spacial score (nSPS) is 12.8. The van der Waals surface area contributed by atoms with Crippen LogP contribution in [-0.2, 0) is 4.57 Å². The summed E-state index contributed by atoms with van der Waals surface area (Å²) >= 11 is 0. The second kappa shape index (κ2) is 11.6. The second-order valence-electron chi connectivity index (χ2n) is 8.34. The molecule has 0 aromatic heterocycles. The molecule has 0 saturated carbocycles. The maximum atomic E-state index is 14.8. The van der Waals surface area contributed by atoms with E-state index in [0.29, 0.717) is 12.3 Å². The van der Waals surface area contributed by atoms with Crippen LogP contribution in [0.1, 0.15) is 39.5 Å². The zero-order valence-corrected chi connectivity index (χ0v) is 21.0. The summed E-state index contributed by atoms with van der Waals surface area (Å²) in [5.41, 5.74) is 0. The molecule has 0 amide bonds. The Bertz CT molecular complexity index is 936. The lowest BCUT2D eigenvalue weighted by molar-refractivity contribution is 0.570. The molecule has 0 aliphatic heterocycles. The van der Waals surface area contributed by atoms with E-state index in [1.807, 2.05) is 54.6 Å². The molecule has 3 aromatic rings. The Morgan fingerprint density at radius 1 is 0.719 bits per heavy atom. The summed E-state index contributed by atoms with van der Waals surface area (Å²) in [6.07, 6.45) is 5.07. The van der Waals surface area contributed by atoms with E-state index in [0.717, 1.165) is 41.6 Å². The first-order valence-electron chi connectivity index (χ1n) is 11.7. The lowest BCUT2D eigenvalue weighted by Gasteiger charge is -2.35. The third kappa shape index (κ3) is 4.91. The lowest BCUT2D eigenvalue weighted by atomic mass is 10.4. The fourth-order valence-electron chi connectivity index (χ4n) is 4.58. The van der Waals surface area contributed by atoms with Gasteiger partial charge in [0.2, 0.25) is 5.40 Å². The van der Waals surface area contributed by atoms with Gasteiger partial charge in [-0.15, -0.1) is 0 Å². The van der Waals surface area contributed by atoms with Crippen LogP contribution in [0, 0.1) is 11.3 Å². The van der Waals surface area contributed by atoms with Crippen molar-refractivity contribution in [2.45, 2.75) is 44.9 Å². The second-order valence-corrected chi connectivity index (χ2v) is 15.6. The van der Waals surface area contributed by atoms with Crippen LogP contribution in [0.4, 0.5) is 0 Å². The zero-order valence-electron chi connectivity index (χ0n) is 19.2. The van der Waals surface area contributed by atoms with Gasteiger partial charge in [0.05, 0.1) is 0 Å². The molecule has 0 saturated heterocycles. The van der Waals surface area contributed by atoms with Crippen LogP contribution >= 0.6 is 14.4 Å². The van der Waals surface area contributed by atoms with Crippen molar-refractivity contribution in [3.05, 3.63) is 91.0 Å². The average Bonchev–Trinajstić information content (AvgIpc) is 2.86. The van der Waals surface area contributed by atoms with E-state index in [-0.39, 0.29) is 0 Å². The van der Waals surface area contributed by atoms with E-state index in [4.69, 9.17) is 0 Å². The maximum absolute atomic E-state index is 14.8. The van der Waals surface area contributed by atoms with Crippen molar-refractivity contribution in [2.24, 2.45) is 0 Å². The third-order valence-corrected chi connectivity index (χ3v) is 15.8. The molecule has 1 atom stereocenters. The summed E-state index contributed by atoms with van der Waals surface area (Å²) in [6.45, 7) is 4.28. The van der Waals surface area contributed by atoms with Gasteiger partial charge in [0.15, 0.2) is 0 Å². The predicted molar refractivity (Wildman–Crippen MR) is 142 cm³/mol. The van der Waals surface area contributed by atoms with Crippen molar-refractivity contribution in [1.82, 2.24) is 0 Å². The Morgan fingerprint density at radius 2 is 1.06 bits per heavy atom. The minimum absolute atomic E-state index is 0.528. The first-order valence-corrected chi connectivity index (χ1v) is 15.7. The molecule has 0 heterocycles. The molecule has 32 heavy (non-hydrogen) atoms. The first kappa shape index (κ1) is 24.5. The Balaban J connectivity index is 2.39. The summed E-state index contributed by atoms with van der Waals surface area (Å²) < 4.78 is 14.8. The van der Waals surface area contributed by atoms with Gasteiger partial charge in [-0.25, -0.2) is 0 Å². The Kier molecular flexibility index (Phi) is 8.87. The molecular formula is C28H34NOP2+. The highest BCUT2D eigenvalue weighted by molar-refractivity contribution is 8.03. The molecule has 0 aliphatic rings. The molecule has 0 bridgehead atoms. The summed E-state index contributed by atoms with van der Waals surface area (Å²) in [5, 5.41) is 13.7. The molecule has 3 rings (SSSR count). The van der Waals surface area contributed by atoms with Crippen molar-refractivity contribution >= 4 is 30.3 Å². The zero-order chi connectivity index (χ0) is 22.9. The van der Waals surface area contributed by atoms with E-state index in [2.05, 4.69) is 56.3 Å². The number of unbranched alkanes of at least 4 members (excludes halogenated alkanes) is 2. The number of nitrogens with zero attached hydrogens (tertiary/aromatic N) is 1. The Hall–Kier alpha value is -2.19. The quantitative estimate of drug-likeness (QED) is 0.294. The van der Waals surface area contributed by atoms with Crippen molar-refractivity contribution in [1.29, 1.82) is 5.26 Å². The van der Waals surface area contributed by atoms with Gasteiger partial charge in [-0.2, -0.15) is 5.26 Å². The molecule has 3 aromatic carbocycles. The molecule has 0 aliphatic carbocycles. The highest BCUT2D eigenvalue weighted by Crippen LogP contribution is 2.73. The van der Waals surface area contributed by atoms with Crippen LogP contribution in [0.5, 0.6) is 0 Å². The lowest BCUT2D eigenvalue weighted by Crippen LogP contribution is -2.39. The van der Waals surface area contributed by atoms with Gasteiger partial charge in [0.1, 0.15) is 36.4 Å². The van der Waals surface area contributed by atoms with Gasteiger partial charge in [-0.3, -0.25) is 0 Å². The van der Waals surface area contributed by atoms with E-state index in [1.54, 1.807) is 0 Å². The molecule has 166 valence electrons. The van der Waals surface area contributed by atoms with E-state index >= 15 is 0 Å². The fourth-order valence-corrected chi connectivity index (χ4v) is 15.5. The van der Waals surface area contributed by atoms with Crippen molar-refractivity contribution in [3.8, 4) is 6.07 Å². The highest BCUT2D eigenvalue weighted by atomic mass is 31.2. The van der Waals surface area contributed by atoms with Crippen LogP contribution in [0.15, 0.2) is 91.0 Å². The molecular weight excluding hydrogens is 428 g/mol. The number of nitriles is 1. The topological polar surface area (TPSA) is 40.9 Å². The van der Waals surface area contributed by atoms with Crippen LogP contribution in [0.25, 0.3) is 0 Å². The van der Waals surface area contributed by atoms with Gasteiger partial charge in [0, 0.05) is 12.3 Å². The minimum atomic E-state index is -2.79. The van der Waals surface area contributed by atoms with Crippen LogP contribution in [0.2, 0.25) is 0 Å². The smallest absolute Gasteiger partial charge is 0.219 e. The summed E-state index contributed by atoms with van der Waals surface area (Å²) in [5.74, 6) is 0. The molecule has 0 radical (unpaired) electrons. The molecule has 1 unspecified atom stereocenters. The monoisotopic (exact) mass is 462 g/mol. The summed E-state index contributed by atoms with van der Waals surface area (Å²) in [6, 6.07) is 33.9. The van der Waals surface area contributed by atoms with Crippen molar-refractivity contribution in [3.63, 3.8) is 0 Å². The fraction of sp³-hybridized carbons (Fsp3) is 0.321. The third-order valence-electron chi connectivity index (χ3n) is 6.20. The largest absolute Gasteiger partial charge is 0.318 e. The predicted octanol–water partition coefficient (Wildman–Crippen LogP) is 6.79. The number of hydrogen-bond acceptors (Lipinski definition) is 2. The summed E-state index contributed by atoms with van der Waals surface area (Å²) in [7, 11) is -5.28. The maximum Gasteiger partial charge on any atom is 0.219 e. The van der Waals surface area contributed by atoms with Gasteiger partial charge >= 0.3 is 0 Å². The Labute approximate surface area is 194 Å². The standard InChI is InChI=1S/C28H34NOP2/c1-3-5-22-31(30,23-6-4-2)28(24-29)32(25-16-10-7-11-17-25,26-18-12-8-13-19-26)27-20-14-9-15-21-27/h7-21,28H,3-6,22-23H2,1-2H3/q+1. The highest BCUT2D eigenvalue weighted by Gasteiger charge is 2.59. The SMILES string of the molecule is CCCCP(=O)(CCCC)C(C#N)[P+](c1ccccc1)(c1ccccc1)c1ccccc1. The molecule has 2 nitrogen and oxygen atoms in total.